The van der Waals surface area contributed by atoms with E-state index in [-0.39, 0.29) is 0 Å². The predicted octanol–water partition coefficient (Wildman–Crippen LogP) is 12.3. The summed E-state index contributed by atoms with van der Waals surface area (Å²) in [5, 5.41) is 22.7. The number of nitrogens with zero attached hydrogens (tertiary/aromatic N) is 4. The van der Waals surface area contributed by atoms with Gasteiger partial charge in [0.1, 0.15) is 0 Å². The molecule has 55 heavy (non-hydrogen) atoms. The van der Waals surface area contributed by atoms with E-state index in [1.165, 1.54) is 44.2 Å². The van der Waals surface area contributed by atoms with Crippen LogP contribution in [0.2, 0.25) is 0 Å². The van der Waals surface area contributed by atoms with Crippen LogP contribution in [0.3, 0.4) is 0 Å². The van der Waals surface area contributed by atoms with Crippen molar-refractivity contribution in [3.8, 4) is 40.1 Å². The largest absolute Gasteiger partial charge is 0.310 e. The number of nitriles is 2. The second-order valence-electron chi connectivity index (χ2n) is 14.3. The van der Waals surface area contributed by atoms with Gasteiger partial charge in [0.25, 0.3) is 0 Å². The van der Waals surface area contributed by atoms with Gasteiger partial charge in [-0.2, -0.15) is 10.5 Å². The maximum absolute atomic E-state index is 10.4. The Hall–Kier alpha value is -7.66. The van der Waals surface area contributed by atoms with Crippen LogP contribution in [-0.2, 0) is 5.41 Å². The SMILES string of the molecule is N#Cc1ccc(C#N)c(-c2cc(N3c4ccccc4C4(c5ccccc5-c5ccccc54)c4ccccc43)cc(-n3c4ccccc4c4ccccc43)c2)c1. The van der Waals surface area contributed by atoms with Crippen molar-refractivity contribution in [2.45, 2.75) is 5.41 Å². The topological polar surface area (TPSA) is 55.8 Å². The molecule has 2 aliphatic rings. The highest BCUT2D eigenvalue weighted by Gasteiger charge is 2.51. The van der Waals surface area contributed by atoms with Gasteiger partial charge >= 0.3 is 0 Å². The summed E-state index contributed by atoms with van der Waals surface area (Å²) in [4.78, 5) is 2.39. The Bertz CT molecular complexity index is 3000. The Labute approximate surface area is 318 Å². The highest BCUT2D eigenvalue weighted by Crippen LogP contribution is 2.63. The molecular weight excluding hydrogens is 669 g/mol. The summed E-state index contributed by atoms with van der Waals surface area (Å²) in [6.07, 6.45) is 0. The highest BCUT2D eigenvalue weighted by molar-refractivity contribution is 6.09. The fraction of sp³-hybridized carbons (Fsp3) is 0.0196. The smallest absolute Gasteiger partial charge is 0.0998 e. The Balaban J connectivity index is 1.25. The van der Waals surface area contributed by atoms with E-state index in [1.54, 1.807) is 12.1 Å². The first-order valence-corrected chi connectivity index (χ1v) is 18.5. The van der Waals surface area contributed by atoms with Gasteiger partial charge in [0.05, 0.1) is 51.1 Å². The molecule has 8 aromatic carbocycles. The van der Waals surface area contributed by atoms with Crippen molar-refractivity contribution in [3.63, 3.8) is 0 Å². The minimum Gasteiger partial charge on any atom is -0.310 e. The van der Waals surface area contributed by atoms with Crippen LogP contribution >= 0.6 is 0 Å². The van der Waals surface area contributed by atoms with Gasteiger partial charge in [0, 0.05) is 27.7 Å². The van der Waals surface area contributed by atoms with Crippen molar-refractivity contribution in [2.24, 2.45) is 0 Å². The summed E-state index contributed by atoms with van der Waals surface area (Å²) in [5.74, 6) is 0. The second kappa shape index (κ2) is 11.7. The van der Waals surface area contributed by atoms with E-state index < -0.39 is 5.41 Å². The third-order valence-electron chi connectivity index (χ3n) is 11.6. The lowest BCUT2D eigenvalue weighted by Crippen LogP contribution is -2.36. The third-order valence-corrected chi connectivity index (χ3v) is 11.6. The van der Waals surface area contributed by atoms with Crippen molar-refractivity contribution in [1.82, 2.24) is 4.57 Å². The van der Waals surface area contributed by atoms with E-state index in [4.69, 9.17) is 0 Å². The van der Waals surface area contributed by atoms with Gasteiger partial charge in [-0.3, -0.25) is 0 Å². The lowest BCUT2D eigenvalue weighted by atomic mass is 9.64. The molecule has 0 radical (unpaired) electrons. The Kier molecular flexibility index (Phi) is 6.56. The number of aromatic nitrogens is 1. The minimum absolute atomic E-state index is 0.506. The molecule has 1 spiro atoms. The lowest BCUT2D eigenvalue weighted by Gasteiger charge is -2.45. The van der Waals surface area contributed by atoms with Gasteiger partial charge in [-0.25, -0.2) is 0 Å². The van der Waals surface area contributed by atoms with Crippen molar-refractivity contribution >= 4 is 38.9 Å². The maximum Gasteiger partial charge on any atom is 0.0998 e. The Morgan fingerprint density at radius 3 is 1.51 bits per heavy atom. The quantitative estimate of drug-likeness (QED) is 0.185. The number of benzene rings is 8. The zero-order valence-electron chi connectivity index (χ0n) is 29.6. The van der Waals surface area contributed by atoms with Gasteiger partial charge < -0.3 is 9.47 Å². The number of fused-ring (bicyclic) bond motifs is 12. The van der Waals surface area contributed by atoms with E-state index in [2.05, 4.69) is 185 Å². The molecule has 254 valence electrons. The van der Waals surface area contributed by atoms with Crippen molar-refractivity contribution in [1.29, 1.82) is 10.5 Å². The lowest BCUT2D eigenvalue weighted by molar-refractivity contribution is 0.752. The molecule has 0 bridgehead atoms. The fourth-order valence-corrected chi connectivity index (χ4v) is 9.50. The van der Waals surface area contributed by atoms with Crippen LogP contribution in [0.1, 0.15) is 33.4 Å². The molecule has 1 aliphatic carbocycles. The summed E-state index contributed by atoms with van der Waals surface area (Å²) >= 11 is 0. The monoisotopic (exact) mass is 698 g/mol. The molecule has 0 amide bonds. The molecule has 0 atom stereocenters. The summed E-state index contributed by atoms with van der Waals surface area (Å²) in [6.45, 7) is 0. The molecule has 4 nitrogen and oxygen atoms in total. The molecular formula is C51H30N4. The second-order valence-corrected chi connectivity index (χ2v) is 14.3. The predicted molar refractivity (Wildman–Crippen MR) is 221 cm³/mol. The first-order chi connectivity index (χ1) is 27.2. The maximum atomic E-state index is 10.4. The van der Waals surface area contributed by atoms with Crippen molar-refractivity contribution in [3.05, 3.63) is 215 Å². The Morgan fingerprint density at radius 2 is 0.927 bits per heavy atom. The van der Waals surface area contributed by atoms with E-state index in [1.807, 2.05) is 6.07 Å². The van der Waals surface area contributed by atoms with Gasteiger partial charge in [0.15, 0.2) is 0 Å². The molecule has 4 heteroatoms. The van der Waals surface area contributed by atoms with Crippen LogP contribution in [0.5, 0.6) is 0 Å². The first-order valence-electron chi connectivity index (χ1n) is 18.5. The average Bonchev–Trinajstić information content (AvgIpc) is 3.75. The number of rotatable bonds is 3. The molecule has 0 fully saturated rings. The third kappa shape index (κ3) is 4.20. The van der Waals surface area contributed by atoms with E-state index in [0.29, 0.717) is 11.1 Å². The van der Waals surface area contributed by atoms with Gasteiger partial charge in [-0.05, 0) is 99.6 Å². The molecule has 0 saturated heterocycles. The van der Waals surface area contributed by atoms with Crippen LogP contribution < -0.4 is 4.90 Å². The number of hydrogen-bond donors (Lipinski definition) is 0. The molecule has 9 aromatic rings. The van der Waals surface area contributed by atoms with Crippen LogP contribution in [0.25, 0.3) is 49.7 Å². The number of anilines is 3. The normalized spacial score (nSPS) is 13.2. The standard InChI is InChI=1S/C51H30N4/c52-31-33-25-26-34(32-53)42(27-33)35-28-36(54-47-21-9-3-15-40(47)41-16-4-10-22-48(41)54)30-37(29-35)55-49-23-11-7-19-45(49)51(46-20-8-12-24-50(46)55)43-17-5-1-13-38(43)39-14-2-6-18-44(39)51/h1-30H. The van der Waals surface area contributed by atoms with E-state index in [0.717, 1.165) is 44.9 Å². The number of para-hydroxylation sites is 4. The number of hydrogen-bond acceptors (Lipinski definition) is 3. The molecule has 0 unspecified atom stereocenters. The van der Waals surface area contributed by atoms with Gasteiger partial charge in [-0.15, -0.1) is 0 Å². The Morgan fingerprint density at radius 1 is 0.418 bits per heavy atom. The fourth-order valence-electron chi connectivity index (χ4n) is 9.50. The van der Waals surface area contributed by atoms with Crippen LogP contribution in [-0.4, -0.2) is 4.57 Å². The minimum atomic E-state index is -0.529. The van der Waals surface area contributed by atoms with Crippen molar-refractivity contribution < 1.29 is 0 Å². The molecule has 11 rings (SSSR count). The van der Waals surface area contributed by atoms with Crippen LogP contribution in [0.4, 0.5) is 17.1 Å². The van der Waals surface area contributed by atoms with Crippen molar-refractivity contribution in [2.75, 3.05) is 4.90 Å². The van der Waals surface area contributed by atoms with Crippen LogP contribution in [0, 0.1) is 22.7 Å². The van der Waals surface area contributed by atoms with Crippen LogP contribution in [0.15, 0.2) is 182 Å². The molecule has 1 aromatic heterocycles. The average molecular weight is 699 g/mol. The zero-order chi connectivity index (χ0) is 36.7. The summed E-state index contributed by atoms with van der Waals surface area (Å²) in [7, 11) is 0. The summed E-state index contributed by atoms with van der Waals surface area (Å²) in [6, 6.07) is 69.0. The highest BCUT2D eigenvalue weighted by atomic mass is 15.2. The van der Waals surface area contributed by atoms with E-state index >= 15 is 0 Å². The first kappa shape index (κ1) is 30.9. The summed E-state index contributed by atoms with van der Waals surface area (Å²) < 4.78 is 2.32. The molecule has 2 heterocycles. The van der Waals surface area contributed by atoms with Gasteiger partial charge in [0.2, 0.25) is 0 Å². The van der Waals surface area contributed by atoms with Gasteiger partial charge in [-0.1, -0.05) is 121 Å². The summed E-state index contributed by atoms with van der Waals surface area (Å²) in [5.41, 5.74) is 15.8. The molecule has 0 saturated carbocycles. The molecule has 1 aliphatic heterocycles. The molecule has 0 N–H and O–H groups in total. The zero-order valence-corrected chi connectivity index (χ0v) is 29.6. The van der Waals surface area contributed by atoms with E-state index in [9.17, 15) is 10.5 Å².